The lowest BCUT2D eigenvalue weighted by Crippen LogP contribution is -2.37. The Morgan fingerprint density at radius 3 is 2.59 bits per heavy atom. The lowest BCUT2D eigenvalue weighted by Gasteiger charge is -2.12. The lowest BCUT2D eigenvalue weighted by atomic mass is 10.1. The van der Waals surface area contributed by atoms with Crippen LogP contribution >= 0.6 is 12.2 Å². The van der Waals surface area contributed by atoms with Crippen LogP contribution in [0, 0.1) is 25.2 Å². The van der Waals surface area contributed by atoms with Gasteiger partial charge in [-0.15, -0.1) is 0 Å². The van der Waals surface area contributed by atoms with Gasteiger partial charge >= 0.3 is 0 Å². The van der Waals surface area contributed by atoms with Crippen LogP contribution in [0.2, 0.25) is 0 Å². The fourth-order valence-electron chi connectivity index (χ4n) is 2.85. The molecule has 0 aliphatic rings. The van der Waals surface area contributed by atoms with Crippen molar-refractivity contribution in [1.82, 2.24) is 15.6 Å². The number of hydrogen-bond donors (Lipinski definition) is 3. The standard InChI is InChI=1S/C20H27N5OS/c1-14-10-15(2)18-16(11-14)12-17(13-21)19(25-18)22-6-4-7-23-20(27)24-8-5-9-26-3/h10-12H,4-9H2,1-3H3,(H,22,25)(H2,23,24,27). The summed E-state index contributed by atoms with van der Waals surface area (Å²) < 4.78 is 5.00. The molecule has 0 radical (unpaired) electrons. The smallest absolute Gasteiger partial charge is 0.166 e. The van der Waals surface area contributed by atoms with E-state index in [4.69, 9.17) is 17.0 Å². The first-order valence-corrected chi connectivity index (χ1v) is 9.52. The van der Waals surface area contributed by atoms with E-state index in [1.807, 2.05) is 13.0 Å². The third kappa shape index (κ3) is 6.35. The zero-order valence-corrected chi connectivity index (χ0v) is 17.0. The Hall–Kier alpha value is -2.43. The predicted molar refractivity (Wildman–Crippen MR) is 114 cm³/mol. The molecule has 0 unspecified atom stereocenters. The Bertz CT molecular complexity index is 831. The fraction of sp³-hybridized carbons (Fsp3) is 0.450. The molecule has 2 aromatic rings. The van der Waals surface area contributed by atoms with Gasteiger partial charge in [-0.1, -0.05) is 11.6 Å². The number of fused-ring (bicyclic) bond motifs is 1. The number of aryl methyl sites for hydroxylation is 2. The topological polar surface area (TPSA) is 82.0 Å². The maximum absolute atomic E-state index is 9.44. The van der Waals surface area contributed by atoms with Gasteiger partial charge < -0.3 is 20.7 Å². The van der Waals surface area contributed by atoms with Crippen molar-refractivity contribution in [3.05, 3.63) is 34.9 Å². The summed E-state index contributed by atoms with van der Waals surface area (Å²) >= 11 is 5.23. The van der Waals surface area contributed by atoms with Gasteiger partial charge in [0.2, 0.25) is 0 Å². The first kappa shape index (κ1) is 20.9. The first-order chi connectivity index (χ1) is 13.0. The van der Waals surface area contributed by atoms with E-state index in [9.17, 15) is 5.26 Å². The number of anilines is 1. The third-order valence-corrected chi connectivity index (χ3v) is 4.40. The van der Waals surface area contributed by atoms with E-state index >= 15 is 0 Å². The molecule has 1 heterocycles. The average Bonchev–Trinajstić information content (AvgIpc) is 2.64. The van der Waals surface area contributed by atoms with Gasteiger partial charge in [-0.2, -0.15) is 5.26 Å². The van der Waals surface area contributed by atoms with Gasteiger partial charge in [-0.05, 0) is 56.6 Å². The number of ether oxygens (including phenoxy) is 1. The molecule has 0 atom stereocenters. The van der Waals surface area contributed by atoms with Crippen molar-refractivity contribution in [3.8, 4) is 6.07 Å². The van der Waals surface area contributed by atoms with Crippen LogP contribution in [-0.4, -0.2) is 43.4 Å². The summed E-state index contributed by atoms with van der Waals surface area (Å²) in [4.78, 5) is 4.67. The molecule has 0 bridgehead atoms. The second kappa shape index (κ2) is 10.7. The van der Waals surface area contributed by atoms with Crippen molar-refractivity contribution in [2.24, 2.45) is 0 Å². The first-order valence-electron chi connectivity index (χ1n) is 9.11. The number of aromatic nitrogens is 1. The summed E-state index contributed by atoms with van der Waals surface area (Å²) in [5.74, 6) is 0.636. The number of hydrogen-bond acceptors (Lipinski definition) is 5. The van der Waals surface area contributed by atoms with E-state index in [0.29, 0.717) is 23.0 Å². The van der Waals surface area contributed by atoms with Gasteiger partial charge in [0.25, 0.3) is 0 Å². The molecule has 3 N–H and O–H groups in total. The number of nitrogens with one attached hydrogen (secondary N) is 3. The molecule has 1 aromatic carbocycles. The average molecular weight is 386 g/mol. The van der Waals surface area contributed by atoms with Gasteiger partial charge in [0, 0.05) is 38.7 Å². The van der Waals surface area contributed by atoms with E-state index in [1.54, 1.807) is 7.11 Å². The minimum atomic E-state index is 0.566. The van der Waals surface area contributed by atoms with E-state index in [0.717, 1.165) is 49.0 Å². The molecule has 1 aromatic heterocycles. The third-order valence-electron chi connectivity index (χ3n) is 4.12. The lowest BCUT2D eigenvalue weighted by molar-refractivity contribution is 0.195. The molecule has 7 heteroatoms. The van der Waals surface area contributed by atoms with Crippen molar-refractivity contribution in [3.63, 3.8) is 0 Å². The van der Waals surface area contributed by atoms with E-state index in [2.05, 4.69) is 46.1 Å². The molecule has 0 aliphatic heterocycles. The Morgan fingerprint density at radius 2 is 1.89 bits per heavy atom. The van der Waals surface area contributed by atoms with Crippen molar-refractivity contribution in [2.45, 2.75) is 26.7 Å². The second-order valence-corrected chi connectivity index (χ2v) is 6.87. The maximum Gasteiger partial charge on any atom is 0.166 e. The molecule has 0 saturated carbocycles. The minimum absolute atomic E-state index is 0.566. The summed E-state index contributed by atoms with van der Waals surface area (Å²) in [6.07, 6.45) is 1.78. The highest BCUT2D eigenvalue weighted by atomic mass is 32.1. The van der Waals surface area contributed by atoms with E-state index in [1.165, 1.54) is 5.56 Å². The Balaban J connectivity index is 1.84. The highest BCUT2D eigenvalue weighted by Gasteiger charge is 2.08. The molecule has 144 valence electrons. The Labute approximate surface area is 166 Å². The summed E-state index contributed by atoms with van der Waals surface area (Å²) in [7, 11) is 1.69. The molecule has 27 heavy (non-hydrogen) atoms. The van der Waals surface area contributed by atoms with Gasteiger partial charge in [0.1, 0.15) is 11.9 Å². The highest BCUT2D eigenvalue weighted by Crippen LogP contribution is 2.24. The minimum Gasteiger partial charge on any atom is -0.385 e. The number of nitrogens with zero attached hydrogens (tertiary/aromatic N) is 2. The number of benzene rings is 1. The number of thiocarbonyl (C=S) groups is 1. The monoisotopic (exact) mass is 385 g/mol. The number of pyridine rings is 1. The van der Waals surface area contributed by atoms with E-state index < -0.39 is 0 Å². The van der Waals surface area contributed by atoms with E-state index in [-0.39, 0.29) is 0 Å². The predicted octanol–water partition coefficient (Wildman–Crippen LogP) is 3.03. The maximum atomic E-state index is 9.44. The molecule has 0 fully saturated rings. The highest BCUT2D eigenvalue weighted by molar-refractivity contribution is 7.80. The molecule has 0 saturated heterocycles. The SMILES string of the molecule is COCCCNC(=S)NCCCNc1nc2c(C)cc(C)cc2cc1C#N. The number of nitriles is 1. The van der Waals surface area contributed by atoms with Crippen LogP contribution in [0.5, 0.6) is 0 Å². The normalized spacial score (nSPS) is 10.4. The van der Waals surface area contributed by atoms with Crippen molar-refractivity contribution >= 4 is 34.1 Å². The van der Waals surface area contributed by atoms with Crippen LogP contribution in [0.3, 0.4) is 0 Å². The van der Waals surface area contributed by atoms with Crippen LogP contribution in [0.4, 0.5) is 5.82 Å². The Morgan fingerprint density at radius 1 is 1.15 bits per heavy atom. The Kier molecular flexibility index (Phi) is 8.24. The van der Waals surface area contributed by atoms with Gasteiger partial charge in [0.15, 0.2) is 5.11 Å². The summed E-state index contributed by atoms with van der Waals surface area (Å²) in [6, 6.07) is 8.31. The zero-order chi connectivity index (χ0) is 19.6. The van der Waals surface area contributed by atoms with Crippen LogP contribution in [0.25, 0.3) is 10.9 Å². The van der Waals surface area contributed by atoms with Crippen LogP contribution in [-0.2, 0) is 4.74 Å². The molecule has 6 nitrogen and oxygen atoms in total. The summed E-state index contributed by atoms with van der Waals surface area (Å²) in [5.41, 5.74) is 3.78. The van der Waals surface area contributed by atoms with Crippen LogP contribution in [0.15, 0.2) is 18.2 Å². The largest absolute Gasteiger partial charge is 0.385 e. The number of rotatable bonds is 9. The number of methoxy groups -OCH3 is 1. The molecule has 2 rings (SSSR count). The second-order valence-electron chi connectivity index (χ2n) is 6.46. The molecule has 0 amide bonds. The van der Waals surface area contributed by atoms with Crippen molar-refractivity contribution < 1.29 is 4.74 Å². The molecule has 0 aliphatic carbocycles. The quantitative estimate of drug-likeness (QED) is 0.452. The molecule has 0 spiro atoms. The zero-order valence-electron chi connectivity index (χ0n) is 16.2. The summed E-state index contributed by atoms with van der Waals surface area (Å²) in [6.45, 7) is 7.06. The van der Waals surface area contributed by atoms with Gasteiger partial charge in [0.05, 0.1) is 11.1 Å². The van der Waals surface area contributed by atoms with Crippen LogP contribution < -0.4 is 16.0 Å². The van der Waals surface area contributed by atoms with Crippen molar-refractivity contribution in [1.29, 1.82) is 5.26 Å². The molecular formula is C20H27N5OS. The fourth-order valence-corrected chi connectivity index (χ4v) is 3.05. The summed E-state index contributed by atoms with van der Waals surface area (Å²) in [5, 5.41) is 20.7. The molecular weight excluding hydrogens is 358 g/mol. The van der Waals surface area contributed by atoms with Gasteiger partial charge in [-0.25, -0.2) is 4.98 Å². The van der Waals surface area contributed by atoms with Crippen molar-refractivity contribution in [2.75, 3.05) is 38.7 Å². The van der Waals surface area contributed by atoms with Gasteiger partial charge in [-0.3, -0.25) is 0 Å². The van der Waals surface area contributed by atoms with Crippen LogP contribution in [0.1, 0.15) is 29.5 Å².